The Morgan fingerprint density at radius 3 is 2.33 bits per heavy atom. The minimum absolute atomic E-state index is 0.367. The highest BCUT2D eigenvalue weighted by Crippen LogP contribution is 2.39. The molecule has 0 spiro atoms. The molecule has 0 aromatic rings. The van der Waals surface area contributed by atoms with Crippen LogP contribution in [-0.2, 0) is 0 Å². The predicted octanol–water partition coefficient (Wildman–Crippen LogP) is 2.46. The number of hydrogen-bond acceptors (Lipinski definition) is 2. The summed E-state index contributed by atoms with van der Waals surface area (Å²) in [6.07, 6.45) is 11.9. The molecule has 0 amide bonds. The van der Waals surface area contributed by atoms with Gasteiger partial charge in [0.15, 0.2) is 0 Å². The van der Waals surface area contributed by atoms with E-state index >= 15 is 0 Å². The molecule has 0 aromatic heterocycles. The van der Waals surface area contributed by atoms with Gasteiger partial charge in [-0.15, -0.1) is 0 Å². The number of nitrogens with one attached hydrogen (secondary N) is 1. The highest BCUT2D eigenvalue weighted by molar-refractivity contribution is 4.87. The van der Waals surface area contributed by atoms with Crippen LogP contribution in [0, 0.1) is 5.41 Å². The average molecular weight is 211 g/mol. The van der Waals surface area contributed by atoms with Crippen LogP contribution >= 0.6 is 0 Å². The molecule has 0 saturated heterocycles. The maximum atomic E-state index is 9.19. The lowest BCUT2D eigenvalue weighted by Gasteiger charge is -2.40. The van der Waals surface area contributed by atoms with Gasteiger partial charge in [-0.3, -0.25) is 0 Å². The molecule has 0 radical (unpaired) electrons. The standard InChI is InChI=1S/C13H25NO/c15-10-9-13(7-2-1-3-8-13)11-14-12-5-4-6-12/h12,14-15H,1-11H2. The summed E-state index contributed by atoms with van der Waals surface area (Å²) in [5.41, 5.74) is 0.433. The minimum atomic E-state index is 0.367. The quantitative estimate of drug-likeness (QED) is 0.732. The van der Waals surface area contributed by atoms with Gasteiger partial charge in [0, 0.05) is 19.2 Å². The second-order valence-corrected chi connectivity index (χ2v) is 5.54. The minimum Gasteiger partial charge on any atom is -0.396 e. The Balaban J connectivity index is 1.80. The molecule has 0 unspecified atom stereocenters. The summed E-state index contributed by atoms with van der Waals surface area (Å²) >= 11 is 0. The predicted molar refractivity (Wildman–Crippen MR) is 62.9 cm³/mol. The van der Waals surface area contributed by atoms with E-state index < -0.39 is 0 Å². The summed E-state index contributed by atoms with van der Waals surface area (Å²) in [7, 11) is 0. The lowest BCUT2D eigenvalue weighted by atomic mass is 9.71. The van der Waals surface area contributed by atoms with Crippen molar-refractivity contribution < 1.29 is 5.11 Å². The molecule has 2 saturated carbocycles. The zero-order valence-corrected chi connectivity index (χ0v) is 9.80. The van der Waals surface area contributed by atoms with Crippen LogP contribution in [0.15, 0.2) is 0 Å². The van der Waals surface area contributed by atoms with Gasteiger partial charge in [-0.25, -0.2) is 0 Å². The van der Waals surface area contributed by atoms with Gasteiger partial charge in [0.05, 0.1) is 0 Å². The van der Waals surface area contributed by atoms with Crippen molar-refractivity contribution in [2.75, 3.05) is 13.2 Å². The van der Waals surface area contributed by atoms with Crippen molar-refractivity contribution in [2.45, 2.75) is 63.8 Å². The summed E-state index contributed by atoms with van der Waals surface area (Å²) < 4.78 is 0. The third-order valence-corrected chi connectivity index (χ3v) is 4.43. The van der Waals surface area contributed by atoms with Crippen molar-refractivity contribution in [2.24, 2.45) is 5.41 Å². The molecule has 88 valence electrons. The molecule has 15 heavy (non-hydrogen) atoms. The molecule has 2 nitrogen and oxygen atoms in total. The van der Waals surface area contributed by atoms with Crippen LogP contribution in [0.2, 0.25) is 0 Å². The molecule has 0 heterocycles. The first-order chi connectivity index (χ1) is 7.35. The van der Waals surface area contributed by atoms with Crippen LogP contribution in [-0.4, -0.2) is 24.3 Å². The molecule has 0 atom stereocenters. The Kier molecular flexibility index (Phi) is 4.04. The van der Waals surface area contributed by atoms with Crippen molar-refractivity contribution in [1.82, 2.24) is 5.32 Å². The Morgan fingerprint density at radius 1 is 1.07 bits per heavy atom. The van der Waals surface area contributed by atoms with E-state index in [0.29, 0.717) is 12.0 Å². The molecule has 0 bridgehead atoms. The van der Waals surface area contributed by atoms with Gasteiger partial charge < -0.3 is 10.4 Å². The molecule has 2 heteroatoms. The first-order valence-corrected chi connectivity index (χ1v) is 6.69. The van der Waals surface area contributed by atoms with Crippen molar-refractivity contribution in [3.05, 3.63) is 0 Å². The van der Waals surface area contributed by atoms with Gasteiger partial charge in [-0.1, -0.05) is 25.7 Å². The summed E-state index contributed by atoms with van der Waals surface area (Å²) in [6.45, 7) is 1.52. The molecule has 2 fully saturated rings. The van der Waals surface area contributed by atoms with E-state index in [-0.39, 0.29) is 0 Å². The fraction of sp³-hybridized carbons (Fsp3) is 1.00. The second-order valence-electron chi connectivity index (χ2n) is 5.54. The van der Waals surface area contributed by atoms with Gasteiger partial charge in [-0.05, 0) is 37.5 Å². The first kappa shape index (κ1) is 11.4. The van der Waals surface area contributed by atoms with Gasteiger partial charge in [0.25, 0.3) is 0 Å². The summed E-state index contributed by atoms with van der Waals surface area (Å²) in [5, 5.41) is 12.9. The molecule has 2 N–H and O–H groups in total. The van der Waals surface area contributed by atoms with E-state index in [1.165, 1.54) is 51.4 Å². The Morgan fingerprint density at radius 2 is 1.80 bits per heavy atom. The van der Waals surface area contributed by atoms with Crippen molar-refractivity contribution in [1.29, 1.82) is 0 Å². The smallest absolute Gasteiger partial charge is 0.0436 e. The molecule has 0 aliphatic heterocycles. The van der Waals surface area contributed by atoms with Gasteiger partial charge in [0.2, 0.25) is 0 Å². The maximum Gasteiger partial charge on any atom is 0.0436 e. The van der Waals surface area contributed by atoms with Crippen LogP contribution in [0.3, 0.4) is 0 Å². The summed E-state index contributed by atoms with van der Waals surface area (Å²) in [6, 6.07) is 0.794. The second kappa shape index (κ2) is 5.31. The van der Waals surface area contributed by atoms with E-state index in [0.717, 1.165) is 19.0 Å². The third-order valence-electron chi connectivity index (χ3n) is 4.43. The van der Waals surface area contributed by atoms with Gasteiger partial charge in [-0.2, -0.15) is 0 Å². The fourth-order valence-corrected chi connectivity index (χ4v) is 3.03. The van der Waals surface area contributed by atoms with Crippen LogP contribution < -0.4 is 5.32 Å². The topological polar surface area (TPSA) is 32.3 Å². The summed E-state index contributed by atoms with van der Waals surface area (Å²) in [5.74, 6) is 0. The van der Waals surface area contributed by atoms with Crippen LogP contribution in [0.1, 0.15) is 57.8 Å². The van der Waals surface area contributed by atoms with E-state index in [2.05, 4.69) is 5.32 Å². The number of rotatable bonds is 5. The largest absolute Gasteiger partial charge is 0.396 e. The maximum absolute atomic E-state index is 9.19. The zero-order valence-electron chi connectivity index (χ0n) is 9.80. The van der Waals surface area contributed by atoms with Gasteiger partial charge >= 0.3 is 0 Å². The van der Waals surface area contributed by atoms with Crippen molar-refractivity contribution in [3.63, 3.8) is 0 Å². The van der Waals surface area contributed by atoms with Crippen LogP contribution in [0.4, 0.5) is 0 Å². The summed E-state index contributed by atoms with van der Waals surface area (Å²) in [4.78, 5) is 0. The first-order valence-electron chi connectivity index (χ1n) is 6.69. The monoisotopic (exact) mass is 211 g/mol. The van der Waals surface area contributed by atoms with Crippen LogP contribution in [0.5, 0.6) is 0 Å². The third kappa shape index (κ3) is 2.94. The average Bonchev–Trinajstić information content (AvgIpc) is 2.17. The Labute approximate surface area is 93.5 Å². The van der Waals surface area contributed by atoms with Crippen molar-refractivity contribution >= 4 is 0 Å². The molecule has 2 aliphatic carbocycles. The number of aliphatic hydroxyl groups excluding tert-OH is 1. The van der Waals surface area contributed by atoms with Crippen molar-refractivity contribution in [3.8, 4) is 0 Å². The lowest BCUT2D eigenvalue weighted by Crippen LogP contribution is -2.44. The molecule has 2 aliphatic rings. The van der Waals surface area contributed by atoms with E-state index in [4.69, 9.17) is 0 Å². The van der Waals surface area contributed by atoms with E-state index in [1.54, 1.807) is 0 Å². The highest BCUT2D eigenvalue weighted by atomic mass is 16.3. The normalized spacial score (nSPS) is 26.2. The lowest BCUT2D eigenvalue weighted by molar-refractivity contribution is 0.116. The zero-order chi connectivity index (χ0) is 10.6. The van der Waals surface area contributed by atoms with E-state index in [1.807, 2.05) is 0 Å². The Bertz CT molecular complexity index is 177. The number of hydrogen-bond donors (Lipinski definition) is 2. The molecule has 2 rings (SSSR count). The van der Waals surface area contributed by atoms with Gasteiger partial charge in [0.1, 0.15) is 0 Å². The molecular weight excluding hydrogens is 186 g/mol. The Hall–Kier alpha value is -0.0800. The molecular formula is C13H25NO. The van der Waals surface area contributed by atoms with E-state index in [9.17, 15) is 5.11 Å². The highest BCUT2D eigenvalue weighted by Gasteiger charge is 2.32. The molecule has 0 aromatic carbocycles. The SMILES string of the molecule is OCCC1(CNC2CCC2)CCCCC1. The fourth-order valence-electron chi connectivity index (χ4n) is 3.03. The number of aliphatic hydroxyl groups is 1. The van der Waals surface area contributed by atoms with Crippen LogP contribution in [0.25, 0.3) is 0 Å².